The topological polar surface area (TPSA) is 72.5 Å². The zero-order valence-corrected chi connectivity index (χ0v) is 15.0. The second-order valence-electron chi connectivity index (χ2n) is 5.93. The number of aromatic nitrogens is 1. The van der Waals surface area contributed by atoms with E-state index < -0.39 is 0 Å². The number of hydrogen-bond donors (Lipinski definition) is 2. The summed E-state index contributed by atoms with van der Waals surface area (Å²) in [6.45, 7) is 0.806. The first kappa shape index (κ1) is 17.2. The van der Waals surface area contributed by atoms with E-state index in [9.17, 15) is 4.79 Å². The molecule has 7 heteroatoms. The zero-order valence-electron chi connectivity index (χ0n) is 14.2. The lowest BCUT2D eigenvalue weighted by Crippen LogP contribution is -2.14. The summed E-state index contributed by atoms with van der Waals surface area (Å²) in [6, 6.07) is 16.3. The Labute approximate surface area is 161 Å². The summed E-state index contributed by atoms with van der Waals surface area (Å²) in [4.78, 5) is 16.6. The van der Waals surface area contributed by atoms with E-state index in [2.05, 4.69) is 15.6 Å². The van der Waals surface area contributed by atoms with E-state index in [1.165, 1.54) is 0 Å². The number of hydrogen-bond acceptors (Lipinski definition) is 5. The van der Waals surface area contributed by atoms with E-state index >= 15 is 0 Å². The van der Waals surface area contributed by atoms with E-state index in [1.807, 2.05) is 30.3 Å². The van der Waals surface area contributed by atoms with Crippen LogP contribution in [0.15, 0.2) is 60.8 Å². The normalized spacial score (nSPS) is 11.9. The Morgan fingerprint density at radius 3 is 2.67 bits per heavy atom. The van der Waals surface area contributed by atoms with Gasteiger partial charge in [0.1, 0.15) is 5.69 Å². The fourth-order valence-corrected chi connectivity index (χ4v) is 2.77. The summed E-state index contributed by atoms with van der Waals surface area (Å²) >= 11 is 5.89. The van der Waals surface area contributed by atoms with Gasteiger partial charge in [0, 0.05) is 35.2 Å². The van der Waals surface area contributed by atoms with E-state index in [1.54, 1.807) is 30.5 Å². The fourth-order valence-electron chi connectivity index (χ4n) is 2.64. The molecular formula is C20H16ClN3O3. The van der Waals surface area contributed by atoms with Crippen LogP contribution in [-0.4, -0.2) is 17.7 Å². The van der Waals surface area contributed by atoms with Gasteiger partial charge >= 0.3 is 0 Å². The van der Waals surface area contributed by atoms with Crippen LogP contribution in [0.5, 0.6) is 11.5 Å². The molecule has 3 aromatic rings. The molecule has 1 aromatic heterocycles. The van der Waals surface area contributed by atoms with Gasteiger partial charge in [0.05, 0.1) is 0 Å². The van der Waals surface area contributed by atoms with Crippen LogP contribution in [0.4, 0.5) is 11.4 Å². The molecule has 0 spiro atoms. The number of ether oxygens (including phenoxy) is 2. The predicted molar refractivity (Wildman–Crippen MR) is 104 cm³/mol. The van der Waals surface area contributed by atoms with Crippen molar-refractivity contribution in [2.75, 3.05) is 17.4 Å². The third kappa shape index (κ3) is 4.12. The molecule has 1 aliphatic heterocycles. The fraction of sp³-hybridized carbons (Fsp3) is 0.100. The van der Waals surface area contributed by atoms with Gasteiger partial charge in [-0.2, -0.15) is 0 Å². The van der Waals surface area contributed by atoms with Crippen LogP contribution in [0.3, 0.4) is 0 Å². The average Bonchev–Trinajstić information content (AvgIpc) is 3.15. The number of carbonyl (C=O) groups excluding carboxylic acids is 1. The van der Waals surface area contributed by atoms with Gasteiger partial charge in [0.25, 0.3) is 5.91 Å². The van der Waals surface area contributed by atoms with Crippen LogP contribution in [0, 0.1) is 0 Å². The van der Waals surface area contributed by atoms with E-state index in [-0.39, 0.29) is 12.7 Å². The number of benzene rings is 2. The average molecular weight is 382 g/mol. The lowest BCUT2D eigenvalue weighted by atomic mass is 10.2. The predicted octanol–water partition coefficient (Wildman–Crippen LogP) is 4.33. The van der Waals surface area contributed by atoms with Crippen molar-refractivity contribution in [2.24, 2.45) is 0 Å². The molecule has 0 atom stereocenters. The minimum absolute atomic E-state index is 0.190. The van der Waals surface area contributed by atoms with Crippen LogP contribution >= 0.6 is 11.6 Å². The van der Waals surface area contributed by atoms with Gasteiger partial charge < -0.3 is 20.1 Å². The smallest absolute Gasteiger partial charge is 0.274 e. The van der Waals surface area contributed by atoms with Gasteiger partial charge in [-0.3, -0.25) is 9.78 Å². The van der Waals surface area contributed by atoms with E-state index in [0.29, 0.717) is 34.4 Å². The number of rotatable bonds is 5. The maximum atomic E-state index is 12.5. The molecule has 2 aromatic carbocycles. The van der Waals surface area contributed by atoms with Gasteiger partial charge in [-0.15, -0.1) is 0 Å². The Morgan fingerprint density at radius 2 is 1.81 bits per heavy atom. The van der Waals surface area contributed by atoms with Crippen LogP contribution in [0.1, 0.15) is 16.1 Å². The van der Waals surface area contributed by atoms with Crippen LogP contribution < -0.4 is 20.1 Å². The Bertz CT molecular complexity index is 976. The number of nitrogens with zero attached hydrogens (tertiary/aromatic N) is 1. The number of halogens is 1. The number of carbonyl (C=O) groups is 1. The maximum Gasteiger partial charge on any atom is 0.274 e. The van der Waals surface area contributed by atoms with Crippen LogP contribution in [-0.2, 0) is 6.54 Å². The highest BCUT2D eigenvalue weighted by Crippen LogP contribution is 2.34. The zero-order chi connectivity index (χ0) is 18.6. The van der Waals surface area contributed by atoms with Gasteiger partial charge in [-0.1, -0.05) is 23.7 Å². The molecule has 2 heterocycles. The van der Waals surface area contributed by atoms with Crippen molar-refractivity contribution in [2.45, 2.75) is 6.54 Å². The van der Waals surface area contributed by atoms with Gasteiger partial charge in [-0.25, -0.2) is 0 Å². The Hall–Kier alpha value is -3.25. The molecule has 0 unspecified atom stereocenters. The molecule has 6 nitrogen and oxygen atoms in total. The molecule has 27 heavy (non-hydrogen) atoms. The van der Waals surface area contributed by atoms with Crippen molar-refractivity contribution >= 4 is 28.9 Å². The highest BCUT2D eigenvalue weighted by atomic mass is 35.5. The lowest BCUT2D eigenvalue weighted by molar-refractivity contribution is 0.102. The van der Waals surface area contributed by atoms with Crippen molar-refractivity contribution in [3.05, 3.63) is 77.1 Å². The molecule has 1 aliphatic rings. The Balaban J connectivity index is 1.42. The van der Waals surface area contributed by atoms with Crippen molar-refractivity contribution in [1.29, 1.82) is 0 Å². The van der Waals surface area contributed by atoms with Gasteiger partial charge in [0.15, 0.2) is 11.5 Å². The minimum Gasteiger partial charge on any atom is -0.454 e. The molecular weight excluding hydrogens is 366 g/mol. The molecule has 0 fully saturated rings. The molecule has 0 bridgehead atoms. The third-order valence-electron chi connectivity index (χ3n) is 4.03. The lowest BCUT2D eigenvalue weighted by Gasteiger charge is -2.09. The summed E-state index contributed by atoms with van der Waals surface area (Å²) in [5.41, 5.74) is 2.82. The first-order valence-electron chi connectivity index (χ1n) is 8.33. The molecule has 1 amide bonds. The summed E-state index contributed by atoms with van der Waals surface area (Å²) < 4.78 is 10.6. The SMILES string of the molecule is O=C(Nc1ccc2c(c1)OCO2)c1cc(NCc2ccc(Cl)cc2)ccn1. The molecule has 0 radical (unpaired) electrons. The molecule has 4 rings (SSSR count). The van der Waals surface area contributed by atoms with E-state index in [0.717, 1.165) is 11.3 Å². The first-order chi connectivity index (χ1) is 13.2. The molecule has 0 aliphatic carbocycles. The molecule has 0 saturated heterocycles. The number of amides is 1. The van der Waals surface area contributed by atoms with Crippen LogP contribution in [0.2, 0.25) is 5.02 Å². The molecule has 136 valence electrons. The van der Waals surface area contributed by atoms with Crippen molar-refractivity contribution in [3.63, 3.8) is 0 Å². The summed E-state index contributed by atoms with van der Waals surface area (Å²) in [7, 11) is 0. The number of anilines is 2. The minimum atomic E-state index is -0.302. The highest BCUT2D eigenvalue weighted by Gasteiger charge is 2.15. The van der Waals surface area contributed by atoms with Crippen molar-refractivity contribution in [3.8, 4) is 11.5 Å². The quantitative estimate of drug-likeness (QED) is 0.688. The number of fused-ring (bicyclic) bond motifs is 1. The second kappa shape index (κ2) is 7.55. The maximum absolute atomic E-state index is 12.5. The molecule has 0 saturated carbocycles. The Morgan fingerprint density at radius 1 is 1.00 bits per heavy atom. The standard InChI is InChI=1S/C20H16ClN3O3/c21-14-3-1-13(2-4-14)11-23-15-7-8-22-17(9-15)20(25)24-16-5-6-18-19(10-16)27-12-26-18/h1-10H,11-12H2,(H,22,23)(H,24,25). The van der Waals surface area contributed by atoms with Crippen molar-refractivity contribution < 1.29 is 14.3 Å². The summed E-state index contributed by atoms with van der Waals surface area (Å²) in [6.07, 6.45) is 1.60. The Kier molecular flexibility index (Phi) is 4.80. The number of pyridine rings is 1. The third-order valence-corrected chi connectivity index (χ3v) is 4.28. The van der Waals surface area contributed by atoms with Gasteiger partial charge in [-0.05, 0) is 42.0 Å². The summed E-state index contributed by atoms with van der Waals surface area (Å²) in [5, 5.41) is 6.79. The second-order valence-corrected chi connectivity index (χ2v) is 6.37. The largest absolute Gasteiger partial charge is 0.454 e. The molecule has 2 N–H and O–H groups in total. The first-order valence-corrected chi connectivity index (χ1v) is 8.70. The number of nitrogens with one attached hydrogen (secondary N) is 2. The van der Waals surface area contributed by atoms with Gasteiger partial charge in [0.2, 0.25) is 6.79 Å². The highest BCUT2D eigenvalue weighted by molar-refractivity contribution is 6.30. The monoisotopic (exact) mass is 381 g/mol. The van der Waals surface area contributed by atoms with Crippen molar-refractivity contribution in [1.82, 2.24) is 4.98 Å². The summed E-state index contributed by atoms with van der Waals surface area (Å²) in [5.74, 6) is 0.975. The van der Waals surface area contributed by atoms with E-state index in [4.69, 9.17) is 21.1 Å². The van der Waals surface area contributed by atoms with Crippen LogP contribution in [0.25, 0.3) is 0 Å².